The normalized spacial score (nSPS) is 18.6. The molecule has 0 bridgehead atoms. The van der Waals surface area contributed by atoms with E-state index in [4.69, 9.17) is 9.47 Å². The van der Waals surface area contributed by atoms with Crippen LogP contribution in [0.2, 0.25) is 0 Å². The summed E-state index contributed by atoms with van der Waals surface area (Å²) >= 11 is 2.21. The Balaban J connectivity index is 1.56. The predicted molar refractivity (Wildman–Crippen MR) is 165 cm³/mol. The van der Waals surface area contributed by atoms with E-state index in [1.807, 2.05) is 6.92 Å². The van der Waals surface area contributed by atoms with Crippen LogP contribution in [0.25, 0.3) is 10.8 Å². The summed E-state index contributed by atoms with van der Waals surface area (Å²) in [6.07, 6.45) is 3.44. The van der Waals surface area contributed by atoms with Gasteiger partial charge in [-0.05, 0) is 59.5 Å². The van der Waals surface area contributed by atoms with Crippen LogP contribution in [0.15, 0.2) is 29.2 Å². The van der Waals surface area contributed by atoms with E-state index in [0.717, 1.165) is 0 Å². The third kappa shape index (κ3) is 6.12. The highest BCUT2D eigenvalue weighted by atomic mass is 127. The maximum Gasteiger partial charge on any atom is 0.293 e. The van der Waals surface area contributed by atoms with Crippen LogP contribution in [0.1, 0.15) is 68.4 Å². The number of hydrogen-bond acceptors (Lipinski definition) is 7. The molecule has 4 heterocycles. The topological polar surface area (TPSA) is 90.3 Å². The number of hydrogen-bond donors (Lipinski definition) is 2. The van der Waals surface area contributed by atoms with Crippen molar-refractivity contribution in [3.63, 3.8) is 0 Å². The molecule has 1 unspecified atom stereocenters. The number of aryl methyl sites for hydroxylation is 1. The zero-order chi connectivity index (χ0) is 30.0. The first-order valence-electron chi connectivity index (χ1n) is 14.5. The number of piperidine rings is 1. The van der Waals surface area contributed by atoms with Crippen molar-refractivity contribution in [2.75, 3.05) is 36.0 Å². The number of nitrogens with zero attached hydrogens (tertiary/aromatic N) is 3. The second kappa shape index (κ2) is 13.0. The fourth-order valence-corrected chi connectivity index (χ4v) is 6.07. The maximum absolute atomic E-state index is 15.8. The average Bonchev–Trinajstić information content (AvgIpc) is 3.00. The summed E-state index contributed by atoms with van der Waals surface area (Å²) < 4.78 is 60.8. The smallest absolute Gasteiger partial charge is 0.293 e. The Hall–Kier alpha value is -2.45. The first-order chi connectivity index (χ1) is 20.1. The number of ether oxygens (including phenoxy) is 2. The van der Waals surface area contributed by atoms with Gasteiger partial charge in [0.15, 0.2) is 11.6 Å². The summed E-state index contributed by atoms with van der Waals surface area (Å²) in [6, 6.07) is 3.35. The molecule has 2 aromatic heterocycles. The molecule has 12 heteroatoms. The summed E-state index contributed by atoms with van der Waals surface area (Å²) in [5, 5.41) is 16.1. The Bertz CT molecular complexity index is 1470. The minimum atomic E-state index is -3.29. The zero-order valence-corrected chi connectivity index (χ0v) is 26.2. The SMILES string of the molecule is Cc1nnc(N[C@H](C)c2cccc(C(F)(F)C3CCNCC3)c2F)c2cn(C3CCOCC3)c(=O)c(OC(C)CI)c12. The lowest BCUT2D eigenvalue weighted by molar-refractivity contribution is -0.0781. The highest BCUT2D eigenvalue weighted by Crippen LogP contribution is 2.43. The lowest BCUT2D eigenvalue weighted by Crippen LogP contribution is -2.37. The quantitative estimate of drug-likeness (QED) is 0.208. The van der Waals surface area contributed by atoms with E-state index in [0.29, 0.717) is 65.9 Å². The van der Waals surface area contributed by atoms with Crippen LogP contribution >= 0.6 is 22.6 Å². The van der Waals surface area contributed by atoms with Gasteiger partial charge in [-0.3, -0.25) is 4.79 Å². The van der Waals surface area contributed by atoms with Crippen molar-refractivity contribution in [1.82, 2.24) is 20.1 Å². The monoisotopic (exact) mass is 699 g/mol. The Kier molecular flexibility index (Phi) is 9.63. The van der Waals surface area contributed by atoms with E-state index in [-0.39, 0.29) is 41.9 Å². The van der Waals surface area contributed by atoms with Gasteiger partial charge in [-0.25, -0.2) is 13.2 Å². The van der Waals surface area contributed by atoms with Gasteiger partial charge in [-0.1, -0.05) is 40.8 Å². The van der Waals surface area contributed by atoms with Crippen molar-refractivity contribution in [2.45, 2.75) is 70.6 Å². The second-order valence-corrected chi connectivity index (χ2v) is 12.1. The number of aromatic nitrogens is 3. The lowest BCUT2D eigenvalue weighted by Gasteiger charge is -2.31. The van der Waals surface area contributed by atoms with Crippen molar-refractivity contribution in [3.8, 4) is 5.75 Å². The molecule has 2 aliphatic rings. The Morgan fingerprint density at radius 1 is 1.19 bits per heavy atom. The third-order valence-corrected chi connectivity index (χ3v) is 9.53. The van der Waals surface area contributed by atoms with Gasteiger partial charge in [0, 0.05) is 46.7 Å². The maximum atomic E-state index is 15.8. The Morgan fingerprint density at radius 2 is 1.90 bits per heavy atom. The van der Waals surface area contributed by atoms with Gasteiger partial charge in [-0.2, -0.15) is 5.10 Å². The van der Waals surface area contributed by atoms with Gasteiger partial charge in [0.25, 0.3) is 11.5 Å². The molecule has 0 amide bonds. The first-order valence-corrected chi connectivity index (χ1v) is 16.0. The number of alkyl halides is 3. The number of benzene rings is 1. The number of fused-ring (bicyclic) bond motifs is 1. The molecule has 0 aliphatic carbocycles. The minimum absolute atomic E-state index is 0.0852. The van der Waals surface area contributed by atoms with E-state index in [9.17, 15) is 4.79 Å². The zero-order valence-electron chi connectivity index (χ0n) is 24.1. The van der Waals surface area contributed by atoms with Gasteiger partial charge in [-0.15, -0.1) is 5.10 Å². The molecular weight excluding hydrogens is 662 g/mol. The average molecular weight is 700 g/mol. The van der Waals surface area contributed by atoms with Crippen molar-refractivity contribution in [3.05, 3.63) is 57.4 Å². The van der Waals surface area contributed by atoms with Crippen LogP contribution in [0, 0.1) is 18.7 Å². The van der Waals surface area contributed by atoms with Gasteiger partial charge in [0.1, 0.15) is 11.9 Å². The van der Waals surface area contributed by atoms with E-state index in [1.54, 1.807) is 24.6 Å². The number of halogens is 4. The van der Waals surface area contributed by atoms with E-state index >= 15 is 13.2 Å². The Morgan fingerprint density at radius 3 is 2.60 bits per heavy atom. The largest absolute Gasteiger partial charge is 0.484 e. The molecule has 228 valence electrons. The highest BCUT2D eigenvalue weighted by molar-refractivity contribution is 14.1. The summed E-state index contributed by atoms with van der Waals surface area (Å²) in [6.45, 7) is 7.41. The summed E-state index contributed by atoms with van der Waals surface area (Å²) in [5.74, 6) is -4.64. The van der Waals surface area contributed by atoms with Crippen LogP contribution in [0.3, 0.4) is 0 Å². The van der Waals surface area contributed by atoms with Gasteiger partial charge in [0.2, 0.25) is 0 Å². The van der Waals surface area contributed by atoms with Crippen LogP contribution in [-0.2, 0) is 10.7 Å². The molecule has 2 fully saturated rings. The third-order valence-electron chi connectivity index (χ3n) is 8.29. The van der Waals surface area contributed by atoms with Crippen LogP contribution < -0.4 is 20.9 Å². The highest BCUT2D eigenvalue weighted by Gasteiger charge is 2.44. The molecule has 0 radical (unpaired) electrons. The number of anilines is 1. The first kappa shape index (κ1) is 31.0. The fraction of sp³-hybridized carbons (Fsp3) is 0.567. The summed E-state index contributed by atoms with van der Waals surface area (Å²) in [4.78, 5) is 13.7. The van der Waals surface area contributed by atoms with Crippen molar-refractivity contribution >= 4 is 39.2 Å². The molecule has 1 aromatic carbocycles. The molecular formula is C30H37F3IN5O3. The van der Waals surface area contributed by atoms with E-state index < -0.39 is 29.3 Å². The summed E-state index contributed by atoms with van der Waals surface area (Å²) in [7, 11) is 0. The molecule has 2 N–H and O–H groups in total. The lowest BCUT2D eigenvalue weighted by atomic mass is 9.86. The van der Waals surface area contributed by atoms with E-state index in [2.05, 4.69) is 43.4 Å². The van der Waals surface area contributed by atoms with Crippen LogP contribution in [0.4, 0.5) is 19.0 Å². The van der Waals surface area contributed by atoms with Crippen molar-refractivity contribution in [2.24, 2.45) is 5.92 Å². The number of nitrogens with one attached hydrogen (secondary N) is 2. The molecule has 0 spiro atoms. The predicted octanol–water partition coefficient (Wildman–Crippen LogP) is 6.06. The van der Waals surface area contributed by atoms with E-state index in [1.165, 1.54) is 18.2 Å². The molecule has 2 saturated heterocycles. The standard InChI is InChI=1S/C30H37F3IN5O3/c1-17(15-34)42-27-25-19(3)37-38-28(23(25)16-39(29(27)40)21-9-13-41-14-10-21)36-18(2)22-5-4-6-24(26(22)31)30(32,33)20-7-11-35-12-8-20/h4-6,16-18,20-21,35H,7-15H2,1-3H3,(H,36,38)/t17?,18-/m1/s1. The molecule has 2 aliphatic heterocycles. The molecule has 3 aromatic rings. The molecule has 0 saturated carbocycles. The molecule has 42 heavy (non-hydrogen) atoms. The minimum Gasteiger partial charge on any atom is -0.484 e. The van der Waals surface area contributed by atoms with Crippen molar-refractivity contribution < 1.29 is 22.6 Å². The second-order valence-electron chi connectivity index (χ2n) is 11.2. The van der Waals surface area contributed by atoms with Gasteiger partial charge >= 0.3 is 0 Å². The molecule has 2 atom stereocenters. The molecule has 8 nitrogen and oxygen atoms in total. The van der Waals surface area contributed by atoms with Crippen LogP contribution in [-0.4, -0.2) is 51.6 Å². The van der Waals surface area contributed by atoms with Crippen LogP contribution in [0.5, 0.6) is 5.75 Å². The Labute approximate surface area is 256 Å². The molecule has 5 rings (SSSR count). The fourth-order valence-electron chi connectivity index (χ4n) is 5.89. The number of pyridine rings is 1. The van der Waals surface area contributed by atoms with Gasteiger partial charge in [0.05, 0.1) is 22.7 Å². The van der Waals surface area contributed by atoms with Crippen molar-refractivity contribution in [1.29, 1.82) is 0 Å². The summed E-state index contributed by atoms with van der Waals surface area (Å²) in [5.41, 5.74) is -0.216. The number of rotatable bonds is 9. The van der Waals surface area contributed by atoms with Gasteiger partial charge < -0.3 is 24.7 Å².